The molecule has 0 radical (unpaired) electrons. The maximum absolute atomic E-state index is 6.02. The Labute approximate surface area is 218 Å². The normalized spacial score (nSPS) is 14.9. The molecule has 1 aromatic rings. The molecule has 0 unspecified atom stereocenters. The third kappa shape index (κ3) is 13.4. The maximum atomic E-state index is 6.02. The molecule has 0 amide bonds. The van der Waals surface area contributed by atoms with E-state index in [9.17, 15) is 0 Å². The van der Waals surface area contributed by atoms with Crippen molar-refractivity contribution in [1.29, 1.82) is 0 Å². The van der Waals surface area contributed by atoms with E-state index in [1.54, 1.807) is 0 Å². The van der Waals surface area contributed by atoms with Crippen molar-refractivity contribution in [3.8, 4) is 5.75 Å². The molecule has 1 heterocycles. The predicted octanol–water partition coefficient (Wildman–Crippen LogP) is 3.91. The number of hydrogen-bond acceptors (Lipinski definition) is 5. The van der Waals surface area contributed by atoms with Crippen molar-refractivity contribution in [2.45, 2.75) is 52.6 Å². The van der Waals surface area contributed by atoms with Crippen LogP contribution in [0.15, 0.2) is 29.3 Å². The largest absolute Gasteiger partial charge is 0.492 e. The molecule has 0 saturated carbocycles. The van der Waals surface area contributed by atoms with Crippen molar-refractivity contribution >= 4 is 29.9 Å². The van der Waals surface area contributed by atoms with Crippen molar-refractivity contribution in [1.82, 2.24) is 15.5 Å². The zero-order valence-electron chi connectivity index (χ0n) is 21.0. The van der Waals surface area contributed by atoms with E-state index in [4.69, 9.17) is 19.2 Å². The van der Waals surface area contributed by atoms with E-state index in [1.807, 2.05) is 12.1 Å². The first-order chi connectivity index (χ1) is 15.6. The number of likely N-dealkylation sites (N-methyl/N-ethyl adjacent to an activating group) is 1. The van der Waals surface area contributed by atoms with Crippen molar-refractivity contribution in [3.63, 3.8) is 0 Å². The quantitative estimate of drug-likeness (QED) is 0.152. The van der Waals surface area contributed by atoms with Gasteiger partial charge < -0.3 is 24.8 Å². The van der Waals surface area contributed by atoms with Crippen molar-refractivity contribution in [2.24, 2.45) is 10.9 Å². The highest BCUT2D eigenvalue weighted by atomic mass is 127. The molecule has 7 nitrogen and oxygen atoms in total. The molecular weight excluding hydrogens is 531 g/mol. The zero-order valence-corrected chi connectivity index (χ0v) is 23.3. The summed E-state index contributed by atoms with van der Waals surface area (Å²) in [5.41, 5.74) is 1.14. The number of aliphatic imine (C=N–C) groups is 1. The Morgan fingerprint density at radius 1 is 1.21 bits per heavy atom. The molecule has 1 aromatic carbocycles. The van der Waals surface area contributed by atoms with E-state index in [-0.39, 0.29) is 24.0 Å². The molecule has 0 bridgehead atoms. The topological polar surface area (TPSA) is 67.4 Å². The fraction of sp³-hybridized carbons (Fsp3) is 0.720. The second-order valence-corrected chi connectivity index (χ2v) is 8.76. The van der Waals surface area contributed by atoms with Crippen LogP contribution < -0.4 is 15.4 Å². The highest BCUT2D eigenvalue weighted by Gasteiger charge is 2.17. The second kappa shape index (κ2) is 18.3. The van der Waals surface area contributed by atoms with Crippen LogP contribution in [0.2, 0.25) is 0 Å². The summed E-state index contributed by atoms with van der Waals surface area (Å²) in [7, 11) is 2.18. The lowest BCUT2D eigenvalue weighted by molar-refractivity contribution is 0.0392. The summed E-state index contributed by atoms with van der Waals surface area (Å²) in [4.78, 5) is 7.11. The monoisotopic (exact) mass is 576 g/mol. The second-order valence-electron chi connectivity index (χ2n) is 8.76. The summed E-state index contributed by atoms with van der Waals surface area (Å²) in [6.07, 6.45) is 3.18. The van der Waals surface area contributed by atoms with Crippen LogP contribution in [0.25, 0.3) is 0 Å². The number of hydrogen-bond donors (Lipinski definition) is 2. The van der Waals surface area contributed by atoms with E-state index in [0.29, 0.717) is 25.1 Å². The summed E-state index contributed by atoms with van der Waals surface area (Å²) in [5, 5.41) is 6.69. The van der Waals surface area contributed by atoms with Crippen LogP contribution in [0.3, 0.4) is 0 Å². The van der Waals surface area contributed by atoms with E-state index >= 15 is 0 Å². The molecule has 0 aromatic heterocycles. The lowest BCUT2D eigenvalue weighted by Gasteiger charge is -2.31. The molecule has 0 aliphatic carbocycles. The van der Waals surface area contributed by atoms with Crippen molar-refractivity contribution < 1.29 is 14.2 Å². The van der Waals surface area contributed by atoms with E-state index in [1.165, 1.54) is 0 Å². The van der Waals surface area contributed by atoms with Gasteiger partial charge in [0.05, 0.1) is 6.54 Å². The Bertz CT molecular complexity index is 654. The van der Waals surface area contributed by atoms with Crippen molar-refractivity contribution in [2.75, 3.05) is 59.7 Å². The van der Waals surface area contributed by atoms with Crippen LogP contribution in [0, 0.1) is 5.92 Å². The maximum Gasteiger partial charge on any atom is 0.191 e. The molecule has 0 atom stereocenters. The van der Waals surface area contributed by atoms with Gasteiger partial charge in [-0.05, 0) is 56.8 Å². The summed E-state index contributed by atoms with van der Waals surface area (Å²) >= 11 is 0. The first-order valence-corrected chi connectivity index (χ1v) is 12.2. The van der Waals surface area contributed by atoms with Gasteiger partial charge in [0.25, 0.3) is 0 Å². The zero-order chi connectivity index (χ0) is 23.0. The van der Waals surface area contributed by atoms with E-state index in [2.05, 4.69) is 55.5 Å². The molecule has 0 spiro atoms. The number of benzene rings is 1. The molecule has 190 valence electrons. The van der Waals surface area contributed by atoms with Gasteiger partial charge in [0.15, 0.2) is 5.96 Å². The SMILES string of the molecule is CCNC(=NCc1cccc(OCCN(C)C2CCOCC2)c1)NCCCOCC(C)C.I. The summed E-state index contributed by atoms with van der Waals surface area (Å²) in [6.45, 7) is 13.6. The summed E-state index contributed by atoms with van der Waals surface area (Å²) in [6, 6.07) is 8.83. The number of halogens is 1. The molecule has 1 aliphatic rings. The standard InChI is InChI=1S/C25H44N4O3.HI/c1-5-26-25(27-12-7-14-31-20-21(2)3)28-19-22-8-6-9-24(18-22)32-17-13-29(4)23-10-15-30-16-11-23;/h6,8-9,18,21,23H,5,7,10-17,19-20H2,1-4H3,(H2,26,27,28);1H. The van der Waals surface area contributed by atoms with Crippen LogP contribution >= 0.6 is 24.0 Å². The number of nitrogens with zero attached hydrogens (tertiary/aromatic N) is 2. The average Bonchev–Trinajstić information content (AvgIpc) is 2.80. The Hall–Kier alpha value is -1.10. The minimum atomic E-state index is 0. The summed E-state index contributed by atoms with van der Waals surface area (Å²) < 4.78 is 17.1. The van der Waals surface area contributed by atoms with Gasteiger partial charge in [-0.2, -0.15) is 0 Å². The highest BCUT2D eigenvalue weighted by molar-refractivity contribution is 14.0. The van der Waals surface area contributed by atoms with Crippen LogP contribution in [0.5, 0.6) is 5.75 Å². The van der Waals surface area contributed by atoms with Gasteiger partial charge in [-0.25, -0.2) is 4.99 Å². The Kier molecular flexibility index (Phi) is 16.6. The molecule has 1 saturated heterocycles. The van der Waals surface area contributed by atoms with Crippen LogP contribution in [-0.2, 0) is 16.0 Å². The van der Waals surface area contributed by atoms with Gasteiger partial charge >= 0.3 is 0 Å². The van der Waals surface area contributed by atoms with Gasteiger partial charge in [-0.15, -0.1) is 24.0 Å². The molecule has 1 fully saturated rings. The van der Waals surface area contributed by atoms with Crippen LogP contribution in [-0.4, -0.2) is 76.6 Å². The third-order valence-electron chi connectivity index (χ3n) is 5.40. The Balaban J connectivity index is 0.00000544. The smallest absolute Gasteiger partial charge is 0.191 e. The molecule has 8 heteroatoms. The molecular formula is C25H45IN4O3. The predicted molar refractivity (Wildman–Crippen MR) is 147 cm³/mol. The minimum absolute atomic E-state index is 0. The lowest BCUT2D eigenvalue weighted by Crippen LogP contribution is -2.38. The molecule has 2 N–H and O–H groups in total. The van der Waals surface area contributed by atoms with Crippen molar-refractivity contribution in [3.05, 3.63) is 29.8 Å². The fourth-order valence-electron chi connectivity index (χ4n) is 3.56. The fourth-order valence-corrected chi connectivity index (χ4v) is 3.56. The van der Waals surface area contributed by atoms with Gasteiger partial charge in [-0.3, -0.25) is 4.90 Å². The third-order valence-corrected chi connectivity index (χ3v) is 5.40. The Morgan fingerprint density at radius 2 is 2.00 bits per heavy atom. The Morgan fingerprint density at radius 3 is 2.73 bits per heavy atom. The minimum Gasteiger partial charge on any atom is -0.492 e. The summed E-state index contributed by atoms with van der Waals surface area (Å²) in [5.74, 6) is 2.31. The first kappa shape index (κ1) is 29.9. The highest BCUT2D eigenvalue weighted by Crippen LogP contribution is 2.15. The number of rotatable bonds is 14. The van der Waals surface area contributed by atoms with Gasteiger partial charge in [0.2, 0.25) is 0 Å². The van der Waals surface area contributed by atoms with Crippen LogP contribution in [0.1, 0.15) is 45.6 Å². The molecule has 33 heavy (non-hydrogen) atoms. The number of nitrogens with one attached hydrogen (secondary N) is 2. The van der Waals surface area contributed by atoms with Gasteiger partial charge in [-0.1, -0.05) is 26.0 Å². The lowest BCUT2D eigenvalue weighted by atomic mass is 10.1. The average molecular weight is 577 g/mol. The molecule has 2 rings (SSSR count). The number of guanidine groups is 1. The number of ether oxygens (including phenoxy) is 3. The van der Waals surface area contributed by atoms with E-state index in [0.717, 1.165) is 82.6 Å². The van der Waals surface area contributed by atoms with Gasteiger partial charge in [0.1, 0.15) is 12.4 Å². The van der Waals surface area contributed by atoms with E-state index < -0.39 is 0 Å². The van der Waals surface area contributed by atoms with Crippen LogP contribution in [0.4, 0.5) is 0 Å². The van der Waals surface area contributed by atoms with Gasteiger partial charge in [0, 0.05) is 52.1 Å². The first-order valence-electron chi connectivity index (χ1n) is 12.2. The molecule has 1 aliphatic heterocycles.